The molecular weight excluding hydrogens is 276 g/mol. The third-order valence-corrected chi connectivity index (χ3v) is 4.46. The van der Waals surface area contributed by atoms with Crippen LogP contribution in [0, 0.1) is 0 Å². The Labute approximate surface area is 131 Å². The zero-order valence-electron chi connectivity index (χ0n) is 12.9. The van der Waals surface area contributed by atoms with E-state index in [9.17, 15) is 9.90 Å². The van der Waals surface area contributed by atoms with Gasteiger partial charge in [0.05, 0.1) is 6.04 Å². The maximum absolute atomic E-state index is 12.8. The Morgan fingerprint density at radius 1 is 1.18 bits per heavy atom. The molecule has 0 aliphatic carbocycles. The number of aryl methyl sites for hydroxylation is 1. The lowest BCUT2D eigenvalue weighted by Gasteiger charge is -2.37. The van der Waals surface area contributed by atoms with Gasteiger partial charge >= 0.3 is 0 Å². The number of hydrogen-bond donors (Lipinski definition) is 1. The normalized spacial score (nSPS) is 19.9. The minimum Gasteiger partial charge on any atom is -0.378 e. The molecule has 0 spiro atoms. The van der Waals surface area contributed by atoms with Crippen molar-refractivity contribution in [2.45, 2.75) is 31.4 Å². The molecule has 1 aliphatic rings. The van der Waals surface area contributed by atoms with Gasteiger partial charge in [0.25, 0.3) is 5.91 Å². The second kappa shape index (κ2) is 6.36. The summed E-state index contributed by atoms with van der Waals surface area (Å²) in [7, 11) is 2.00. The van der Waals surface area contributed by atoms with E-state index in [1.807, 2.05) is 42.4 Å². The van der Waals surface area contributed by atoms with Crippen molar-refractivity contribution >= 4 is 5.91 Å². The molecule has 1 aliphatic heterocycles. The topological polar surface area (TPSA) is 45.5 Å². The van der Waals surface area contributed by atoms with Crippen LogP contribution < -0.4 is 0 Å². The summed E-state index contributed by atoms with van der Waals surface area (Å²) in [5.74, 6) is -0.197. The van der Waals surface area contributed by atoms with Crippen molar-refractivity contribution in [2.75, 3.05) is 6.54 Å². The van der Waals surface area contributed by atoms with Gasteiger partial charge in [0.15, 0.2) is 6.10 Å². The Kier molecular flexibility index (Phi) is 4.29. The number of benzene rings is 1. The van der Waals surface area contributed by atoms with Crippen LogP contribution in [0.15, 0.2) is 48.7 Å². The summed E-state index contributed by atoms with van der Waals surface area (Å²) >= 11 is 0. The molecular formula is C18H22N2O2. The predicted molar refractivity (Wildman–Crippen MR) is 85.1 cm³/mol. The summed E-state index contributed by atoms with van der Waals surface area (Å²) < 4.78 is 2.06. The van der Waals surface area contributed by atoms with Crippen molar-refractivity contribution in [1.29, 1.82) is 0 Å². The van der Waals surface area contributed by atoms with Crippen LogP contribution in [0.5, 0.6) is 0 Å². The number of rotatable bonds is 3. The number of amides is 1. The highest BCUT2D eigenvalue weighted by atomic mass is 16.3. The van der Waals surface area contributed by atoms with E-state index in [0.29, 0.717) is 12.1 Å². The van der Waals surface area contributed by atoms with Crippen LogP contribution in [0.25, 0.3) is 0 Å². The van der Waals surface area contributed by atoms with Crippen LogP contribution in [-0.4, -0.2) is 27.0 Å². The third kappa shape index (κ3) is 2.79. The highest BCUT2D eigenvalue weighted by Gasteiger charge is 2.33. The van der Waals surface area contributed by atoms with Gasteiger partial charge in [0, 0.05) is 25.5 Å². The summed E-state index contributed by atoms with van der Waals surface area (Å²) in [4.78, 5) is 14.6. The van der Waals surface area contributed by atoms with Crippen molar-refractivity contribution in [3.63, 3.8) is 0 Å². The lowest BCUT2D eigenvalue weighted by atomic mass is 9.97. The van der Waals surface area contributed by atoms with Crippen molar-refractivity contribution < 1.29 is 9.90 Å². The van der Waals surface area contributed by atoms with Crippen molar-refractivity contribution in [1.82, 2.24) is 9.47 Å². The van der Waals surface area contributed by atoms with Crippen LogP contribution in [0.3, 0.4) is 0 Å². The lowest BCUT2D eigenvalue weighted by Crippen LogP contribution is -2.41. The standard InChI is InChI=1S/C18H22N2O2/c1-19-12-7-11-15(19)16-10-5-6-13-20(16)18(22)17(21)14-8-3-2-4-9-14/h2-4,7-9,11-12,16-17,21H,5-6,10,13H2,1H3. The van der Waals surface area contributed by atoms with E-state index in [2.05, 4.69) is 10.6 Å². The van der Waals surface area contributed by atoms with E-state index >= 15 is 0 Å². The van der Waals surface area contributed by atoms with Gasteiger partial charge in [0.1, 0.15) is 0 Å². The number of aromatic nitrogens is 1. The average Bonchev–Trinajstić information content (AvgIpc) is 3.00. The molecule has 2 heterocycles. The summed E-state index contributed by atoms with van der Waals surface area (Å²) in [5, 5.41) is 10.4. The van der Waals surface area contributed by atoms with E-state index < -0.39 is 6.10 Å². The minimum absolute atomic E-state index is 0.0552. The molecule has 1 N–H and O–H groups in total. The highest BCUT2D eigenvalue weighted by Crippen LogP contribution is 2.33. The predicted octanol–water partition coefficient (Wildman–Crippen LogP) is 2.81. The fourth-order valence-electron chi connectivity index (χ4n) is 3.26. The fourth-order valence-corrected chi connectivity index (χ4v) is 3.26. The van der Waals surface area contributed by atoms with Crippen molar-refractivity contribution in [3.05, 3.63) is 59.9 Å². The zero-order valence-corrected chi connectivity index (χ0v) is 12.9. The number of carbonyl (C=O) groups excluding carboxylic acids is 1. The van der Waals surface area contributed by atoms with Crippen LogP contribution in [0.1, 0.15) is 42.7 Å². The molecule has 2 aromatic rings. The van der Waals surface area contributed by atoms with E-state index in [-0.39, 0.29) is 11.9 Å². The molecule has 2 atom stereocenters. The summed E-state index contributed by atoms with van der Waals surface area (Å²) in [6, 6.07) is 13.3. The SMILES string of the molecule is Cn1cccc1C1CCCCN1C(=O)C(O)c1ccccc1. The van der Waals surface area contributed by atoms with Crippen LogP contribution in [0.2, 0.25) is 0 Å². The molecule has 1 amide bonds. The van der Waals surface area contributed by atoms with Crippen LogP contribution >= 0.6 is 0 Å². The van der Waals surface area contributed by atoms with Gasteiger partial charge in [0.2, 0.25) is 0 Å². The molecule has 1 aromatic carbocycles. The molecule has 3 rings (SSSR count). The number of carbonyl (C=O) groups is 1. The first kappa shape index (κ1) is 14.9. The minimum atomic E-state index is -1.08. The van der Waals surface area contributed by atoms with Gasteiger partial charge in [-0.25, -0.2) is 0 Å². The number of hydrogen-bond acceptors (Lipinski definition) is 2. The van der Waals surface area contributed by atoms with Gasteiger partial charge in [-0.15, -0.1) is 0 Å². The van der Waals surface area contributed by atoms with Crippen molar-refractivity contribution in [3.8, 4) is 0 Å². The summed E-state index contributed by atoms with van der Waals surface area (Å²) in [6.45, 7) is 0.707. The Morgan fingerprint density at radius 2 is 1.95 bits per heavy atom. The molecule has 0 saturated carbocycles. The Hall–Kier alpha value is -2.07. The zero-order chi connectivity index (χ0) is 15.5. The second-order valence-electron chi connectivity index (χ2n) is 5.90. The first-order valence-electron chi connectivity index (χ1n) is 7.83. The van der Waals surface area contributed by atoms with Gasteiger partial charge < -0.3 is 14.6 Å². The van der Waals surface area contributed by atoms with E-state index in [1.165, 1.54) is 0 Å². The second-order valence-corrected chi connectivity index (χ2v) is 5.90. The van der Waals surface area contributed by atoms with E-state index in [1.54, 1.807) is 12.1 Å². The Balaban J connectivity index is 1.84. The Morgan fingerprint density at radius 3 is 2.64 bits per heavy atom. The molecule has 0 bridgehead atoms. The smallest absolute Gasteiger partial charge is 0.256 e. The van der Waals surface area contributed by atoms with E-state index in [0.717, 1.165) is 25.0 Å². The number of nitrogens with zero attached hydrogens (tertiary/aromatic N) is 2. The highest BCUT2D eigenvalue weighted by molar-refractivity contribution is 5.82. The van der Waals surface area contributed by atoms with Crippen LogP contribution in [0.4, 0.5) is 0 Å². The molecule has 116 valence electrons. The maximum Gasteiger partial charge on any atom is 0.256 e. The number of aliphatic hydroxyl groups is 1. The van der Waals surface area contributed by atoms with Gasteiger partial charge in [-0.2, -0.15) is 0 Å². The molecule has 1 aromatic heterocycles. The number of piperidine rings is 1. The molecule has 1 saturated heterocycles. The quantitative estimate of drug-likeness (QED) is 0.947. The molecule has 4 heteroatoms. The Bertz CT molecular complexity index is 636. The van der Waals surface area contributed by atoms with Crippen molar-refractivity contribution in [2.24, 2.45) is 7.05 Å². The molecule has 0 radical (unpaired) electrons. The van der Waals surface area contributed by atoms with E-state index in [4.69, 9.17) is 0 Å². The van der Waals surface area contributed by atoms with Gasteiger partial charge in [-0.3, -0.25) is 4.79 Å². The number of likely N-dealkylation sites (tertiary alicyclic amines) is 1. The maximum atomic E-state index is 12.8. The summed E-state index contributed by atoms with van der Waals surface area (Å²) in [5.41, 5.74) is 1.79. The monoisotopic (exact) mass is 298 g/mol. The first-order chi connectivity index (χ1) is 10.7. The largest absolute Gasteiger partial charge is 0.378 e. The first-order valence-corrected chi connectivity index (χ1v) is 7.83. The summed E-state index contributed by atoms with van der Waals surface area (Å²) in [6.07, 6.45) is 3.97. The average molecular weight is 298 g/mol. The van der Waals surface area contributed by atoms with Gasteiger partial charge in [-0.1, -0.05) is 30.3 Å². The molecule has 22 heavy (non-hydrogen) atoms. The number of aliphatic hydroxyl groups excluding tert-OH is 1. The van der Waals surface area contributed by atoms with Gasteiger partial charge in [-0.05, 0) is 37.0 Å². The molecule has 1 fully saturated rings. The molecule has 2 unspecified atom stereocenters. The molecule has 4 nitrogen and oxygen atoms in total. The van der Waals surface area contributed by atoms with Crippen LogP contribution in [-0.2, 0) is 11.8 Å². The third-order valence-electron chi connectivity index (χ3n) is 4.46. The fraction of sp³-hybridized carbons (Fsp3) is 0.389. The lowest BCUT2D eigenvalue weighted by molar-refractivity contribution is -0.144.